The molecule has 174 valence electrons. The topological polar surface area (TPSA) is 86.8 Å². The zero-order valence-electron chi connectivity index (χ0n) is 18.6. The number of hydrogen-bond donors (Lipinski definition) is 1. The number of anilines is 1. The highest BCUT2D eigenvalue weighted by Gasteiger charge is 2.31. The molecule has 2 amide bonds. The molecule has 2 aromatic rings. The van der Waals surface area contributed by atoms with Gasteiger partial charge in [0.1, 0.15) is 18.4 Å². The minimum absolute atomic E-state index is 0.211. The summed E-state index contributed by atoms with van der Waals surface area (Å²) in [6.45, 7) is 3.58. The van der Waals surface area contributed by atoms with Gasteiger partial charge in [-0.15, -0.1) is 0 Å². The molecular weight excluding hydrogens is 433 g/mol. The van der Waals surface area contributed by atoms with Crippen LogP contribution in [0.1, 0.15) is 25.8 Å². The van der Waals surface area contributed by atoms with Crippen LogP contribution in [0.2, 0.25) is 0 Å². The third-order valence-electron chi connectivity index (χ3n) is 5.02. The van der Waals surface area contributed by atoms with Gasteiger partial charge in [-0.05, 0) is 37.5 Å². The van der Waals surface area contributed by atoms with E-state index in [2.05, 4.69) is 5.32 Å². The number of hydrogen-bond acceptors (Lipinski definition) is 4. The Morgan fingerprint density at radius 3 is 2.22 bits per heavy atom. The summed E-state index contributed by atoms with van der Waals surface area (Å²) in [5.74, 6) is -1.64. The number of sulfonamides is 1. The van der Waals surface area contributed by atoms with Gasteiger partial charge in [0.25, 0.3) is 0 Å². The molecule has 0 aliphatic rings. The number of amides is 2. The molecule has 0 unspecified atom stereocenters. The molecule has 0 fully saturated rings. The van der Waals surface area contributed by atoms with Gasteiger partial charge in [-0.1, -0.05) is 49.4 Å². The standard InChI is InChI=1S/C23H30FN3O4S/c1-4-20(23(29)25-5-2)26(16-15-18-11-7-6-8-12-18)22(28)17-27(32(3,30)31)21-14-10-9-13-19(21)24/h6-14,20H,4-5,15-17H2,1-3H3,(H,25,29)/t20-/m0/s1. The monoisotopic (exact) mass is 463 g/mol. The number of carbonyl (C=O) groups is 2. The maximum atomic E-state index is 14.3. The fourth-order valence-electron chi connectivity index (χ4n) is 3.44. The van der Waals surface area contributed by atoms with Gasteiger partial charge in [0, 0.05) is 13.1 Å². The molecule has 0 aliphatic heterocycles. The van der Waals surface area contributed by atoms with Gasteiger partial charge < -0.3 is 10.2 Å². The molecule has 2 aromatic carbocycles. The van der Waals surface area contributed by atoms with Crippen molar-refractivity contribution in [2.45, 2.75) is 32.7 Å². The highest BCUT2D eigenvalue weighted by Crippen LogP contribution is 2.22. The number of para-hydroxylation sites is 1. The van der Waals surface area contributed by atoms with E-state index in [-0.39, 0.29) is 18.1 Å². The van der Waals surface area contributed by atoms with E-state index in [1.54, 1.807) is 13.8 Å². The van der Waals surface area contributed by atoms with Crippen LogP contribution in [0.3, 0.4) is 0 Å². The van der Waals surface area contributed by atoms with Crippen molar-refractivity contribution in [3.8, 4) is 0 Å². The van der Waals surface area contributed by atoms with Gasteiger partial charge >= 0.3 is 0 Å². The van der Waals surface area contributed by atoms with Crippen molar-refractivity contribution in [2.24, 2.45) is 0 Å². The Labute approximate surface area is 189 Å². The van der Waals surface area contributed by atoms with E-state index in [1.165, 1.54) is 23.1 Å². The Bertz CT molecular complexity index is 1010. The SMILES string of the molecule is CCNC(=O)[C@H](CC)N(CCc1ccccc1)C(=O)CN(c1ccccc1F)S(C)(=O)=O. The fraction of sp³-hybridized carbons (Fsp3) is 0.391. The van der Waals surface area contributed by atoms with Crippen molar-refractivity contribution >= 4 is 27.5 Å². The van der Waals surface area contributed by atoms with Crippen LogP contribution in [0.5, 0.6) is 0 Å². The Kier molecular flexibility index (Phi) is 9.19. The maximum Gasteiger partial charge on any atom is 0.244 e. The molecule has 0 bridgehead atoms. The van der Waals surface area contributed by atoms with E-state index in [1.807, 2.05) is 30.3 Å². The predicted octanol–water partition coefficient (Wildman–Crippen LogP) is 2.58. The van der Waals surface area contributed by atoms with Crippen molar-refractivity contribution in [1.82, 2.24) is 10.2 Å². The van der Waals surface area contributed by atoms with Crippen molar-refractivity contribution in [3.63, 3.8) is 0 Å². The number of rotatable bonds is 11. The van der Waals surface area contributed by atoms with Gasteiger partial charge in [-0.2, -0.15) is 0 Å². The number of benzene rings is 2. The van der Waals surface area contributed by atoms with E-state index < -0.39 is 34.3 Å². The van der Waals surface area contributed by atoms with Gasteiger partial charge in [0.2, 0.25) is 21.8 Å². The lowest BCUT2D eigenvalue weighted by Gasteiger charge is -2.32. The summed E-state index contributed by atoms with van der Waals surface area (Å²) in [6.07, 6.45) is 1.76. The number of carbonyl (C=O) groups excluding carboxylic acids is 2. The molecule has 0 saturated carbocycles. The molecular formula is C23H30FN3O4S. The maximum absolute atomic E-state index is 14.3. The Morgan fingerprint density at radius 2 is 1.66 bits per heavy atom. The van der Waals surface area contributed by atoms with Crippen molar-refractivity contribution in [1.29, 1.82) is 0 Å². The first-order chi connectivity index (χ1) is 15.2. The molecule has 7 nitrogen and oxygen atoms in total. The second kappa shape index (κ2) is 11.6. The van der Waals surface area contributed by atoms with Crippen molar-refractivity contribution in [2.75, 3.05) is 30.2 Å². The molecule has 0 radical (unpaired) electrons. The second-order valence-corrected chi connectivity index (χ2v) is 9.27. The Hall–Kier alpha value is -2.94. The zero-order valence-corrected chi connectivity index (χ0v) is 19.4. The number of likely N-dealkylation sites (N-methyl/N-ethyl adjacent to an activating group) is 1. The third kappa shape index (κ3) is 6.78. The fourth-order valence-corrected chi connectivity index (χ4v) is 4.29. The molecule has 0 aliphatic carbocycles. The van der Waals surface area contributed by atoms with Crippen LogP contribution in [0.25, 0.3) is 0 Å². The van der Waals surface area contributed by atoms with Crippen LogP contribution in [0.4, 0.5) is 10.1 Å². The van der Waals surface area contributed by atoms with E-state index in [0.29, 0.717) is 19.4 Å². The molecule has 0 heterocycles. The first kappa shape index (κ1) is 25.3. The first-order valence-electron chi connectivity index (χ1n) is 10.5. The minimum Gasteiger partial charge on any atom is -0.355 e. The van der Waals surface area contributed by atoms with E-state index in [4.69, 9.17) is 0 Å². The smallest absolute Gasteiger partial charge is 0.244 e. The average molecular weight is 464 g/mol. The molecule has 0 aromatic heterocycles. The molecule has 0 spiro atoms. The minimum atomic E-state index is -3.95. The first-order valence-corrected chi connectivity index (χ1v) is 12.4. The van der Waals surface area contributed by atoms with Gasteiger partial charge in [0.05, 0.1) is 11.9 Å². The average Bonchev–Trinajstić information content (AvgIpc) is 2.75. The third-order valence-corrected chi connectivity index (χ3v) is 6.15. The molecule has 2 rings (SSSR count). The summed E-state index contributed by atoms with van der Waals surface area (Å²) in [6, 6.07) is 14.1. The Balaban J connectivity index is 2.35. The largest absolute Gasteiger partial charge is 0.355 e. The summed E-state index contributed by atoms with van der Waals surface area (Å²) in [7, 11) is -3.95. The van der Waals surface area contributed by atoms with E-state index in [0.717, 1.165) is 22.2 Å². The molecule has 9 heteroatoms. The van der Waals surface area contributed by atoms with E-state index >= 15 is 0 Å². The van der Waals surface area contributed by atoms with Crippen LogP contribution in [0, 0.1) is 5.82 Å². The summed E-state index contributed by atoms with van der Waals surface area (Å²) in [5, 5.41) is 2.73. The molecule has 1 N–H and O–H groups in total. The molecule has 32 heavy (non-hydrogen) atoms. The van der Waals surface area contributed by atoms with Gasteiger partial charge in [-0.25, -0.2) is 12.8 Å². The number of halogens is 1. The number of nitrogens with zero attached hydrogens (tertiary/aromatic N) is 2. The van der Waals surface area contributed by atoms with Crippen LogP contribution in [-0.2, 0) is 26.0 Å². The predicted molar refractivity (Wildman–Crippen MR) is 123 cm³/mol. The second-order valence-electron chi connectivity index (χ2n) is 7.36. The van der Waals surface area contributed by atoms with Crippen molar-refractivity contribution in [3.05, 3.63) is 66.0 Å². The summed E-state index contributed by atoms with van der Waals surface area (Å²) >= 11 is 0. The number of nitrogens with one attached hydrogen (secondary N) is 1. The van der Waals surface area contributed by atoms with Crippen LogP contribution in [-0.4, -0.2) is 57.1 Å². The lowest BCUT2D eigenvalue weighted by molar-refractivity contribution is -0.139. The van der Waals surface area contributed by atoms with Crippen LogP contribution >= 0.6 is 0 Å². The van der Waals surface area contributed by atoms with Crippen LogP contribution in [0.15, 0.2) is 54.6 Å². The van der Waals surface area contributed by atoms with Gasteiger partial charge in [0.15, 0.2) is 0 Å². The molecule has 1 atom stereocenters. The highest BCUT2D eigenvalue weighted by atomic mass is 32.2. The summed E-state index contributed by atoms with van der Waals surface area (Å²) in [4.78, 5) is 27.4. The van der Waals surface area contributed by atoms with Crippen molar-refractivity contribution < 1.29 is 22.4 Å². The molecule has 0 saturated heterocycles. The van der Waals surface area contributed by atoms with Gasteiger partial charge in [-0.3, -0.25) is 13.9 Å². The lowest BCUT2D eigenvalue weighted by atomic mass is 10.1. The highest BCUT2D eigenvalue weighted by molar-refractivity contribution is 7.92. The zero-order chi connectivity index (χ0) is 23.7. The normalized spacial score (nSPS) is 12.1. The van der Waals surface area contributed by atoms with E-state index in [9.17, 15) is 22.4 Å². The quantitative estimate of drug-likeness (QED) is 0.555. The Morgan fingerprint density at radius 1 is 1.03 bits per heavy atom. The summed E-state index contributed by atoms with van der Waals surface area (Å²) < 4.78 is 39.9. The summed E-state index contributed by atoms with van der Waals surface area (Å²) in [5.41, 5.74) is 0.766. The van der Waals surface area contributed by atoms with Crippen LogP contribution < -0.4 is 9.62 Å². The lowest BCUT2D eigenvalue weighted by Crippen LogP contribution is -2.53.